The van der Waals surface area contributed by atoms with Crippen LogP contribution in [0.1, 0.15) is 24.2 Å². The molecule has 7 heteroatoms. The number of hydrogen-bond acceptors (Lipinski definition) is 5. The molecular formula is C15H19NO5S. The van der Waals surface area contributed by atoms with Crippen molar-refractivity contribution in [3.8, 4) is 5.75 Å². The van der Waals surface area contributed by atoms with Gasteiger partial charge in [-0.2, -0.15) is 8.42 Å². The van der Waals surface area contributed by atoms with Crippen molar-refractivity contribution < 1.29 is 22.9 Å². The maximum atomic E-state index is 11.2. The summed E-state index contributed by atoms with van der Waals surface area (Å²) in [6, 6.07) is 7.38. The molecule has 0 saturated carbocycles. The molecule has 0 heterocycles. The Hall–Kier alpha value is -1.96. The first-order chi connectivity index (χ1) is 10.2. The van der Waals surface area contributed by atoms with Gasteiger partial charge in [0, 0.05) is 23.1 Å². The minimum absolute atomic E-state index is 0.0998. The van der Waals surface area contributed by atoms with Crippen molar-refractivity contribution in [3.63, 3.8) is 0 Å². The Kier molecular flexibility index (Phi) is 6.04. The highest BCUT2D eigenvalue weighted by molar-refractivity contribution is 7.86. The SMILES string of the molecule is CNC(C)C.O=Cc1cccc2cc(O)cc(S(=O)(=O)O)c12. The molecule has 0 aliphatic rings. The quantitative estimate of drug-likeness (QED) is 0.590. The molecule has 2 aromatic rings. The van der Waals surface area contributed by atoms with Gasteiger partial charge in [-0.25, -0.2) is 0 Å². The summed E-state index contributed by atoms with van der Waals surface area (Å²) < 4.78 is 31.5. The minimum atomic E-state index is -4.50. The largest absolute Gasteiger partial charge is 0.508 e. The second-order valence-electron chi connectivity index (χ2n) is 4.93. The number of carbonyl (C=O) groups excluding carboxylic acids is 1. The summed E-state index contributed by atoms with van der Waals surface area (Å²) in [5.74, 6) is -0.298. The molecule has 2 aromatic carbocycles. The van der Waals surface area contributed by atoms with Gasteiger partial charge in [0.25, 0.3) is 10.1 Å². The molecule has 0 aliphatic heterocycles. The molecule has 0 atom stereocenters. The Labute approximate surface area is 129 Å². The van der Waals surface area contributed by atoms with Gasteiger partial charge in [-0.05, 0) is 18.5 Å². The first kappa shape index (κ1) is 18.1. The van der Waals surface area contributed by atoms with E-state index < -0.39 is 15.0 Å². The fraction of sp³-hybridized carbons (Fsp3) is 0.267. The van der Waals surface area contributed by atoms with Gasteiger partial charge < -0.3 is 10.4 Å². The zero-order chi connectivity index (χ0) is 16.9. The Bertz CT molecular complexity index is 769. The predicted octanol–water partition coefficient (Wildman–Crippen LogP) is 2.22. The van der Waals surface area contributed by atoms with Gasteiger partial charge in [0.2, 0.25) is 0 Å². The molecule has 0 aromatic heterocycles. The van der Waals surface area contributed by atoms with Crippen molar-refractivity contribution in [2.75, 3.05) is 7.05 Å². The van der Waals surface area contributed by atoms with Crippen LogP contribution in [0.4, 0.5) is 0 Å². The van der Waals surface area contributed by atoms with Gasteiger partial charge in [-0.3, -0.25) is 9.35 Å². The molecule has 0 unspecified atom stereocenters. The maximum Gasteiger partial charge on any atom is 0.295 e. The van der Waals surface area contributed by atoms with Gasteiger partial charge >= 0.3 is 0 Å². The topological polar surface area (TPSA) is 104 Å². The lowest BCUT2D eigenvalue weighted by molar-refractivity contribution is 0.112. The molecule has 3 N–H and O–H groups in total. The number of nitrogens with one attached hydrogen (secondary N) is 1. The summed E-state index contributed by atoms with van der Waals surface area (Å²) >= 11 is 0. The lowest BCUT2D eigenvalue weighted by Gasteiger charge is -2.07. The van der Waals surface area contributed by atoms with Crippen LogP contribution in [0.3, 0.4) is 0 Å². The molecule has 0 bridgehead atoms. The Morgan fingerprint density at radius 2 is 1.82 bits per heavy atom. The number of hydrogen-bond donors (Lipinski definition) is 3. The summed E-state index contributed by atoms with van der Waals surface area (Å²) in [6.07, 6.45) is 0.494. The molecular weight excluding hydrogens is 306 g/mol. The van der Waals surface area contributed by atoms with E-state index >= 15 is 0 Å². The average Bonchev–Trinajstić information content (AvgIpc) is 2.45. The maximum absolute atomic E-state index is 11.2. The fourth-order valence-corrected chi connectivity index (χ4v) is 2.47. The highest BCUT2D eigenvalue weighted by Crippen LogP contribution is 2.30. The smallest absolute Gasteiger partial charge is 0.295 e. The number of phenols is 1. The third kappa shape index (κ3) is 4.52. The number of phenolic OH excluding ortho intramolecular Hbond substituents is 1. The van der Waals surface area contributed by atoms with Crippen molar-refractivity contribution in [2.45, 2.75) is 24.8 Å². The van der Waals surface area contributed by atoms with Crippen molar-refractivity contribution in [1.82, 2.24) is 5.32 Å². The van der Waals surface area contributed by atoms with E-state index in [1.54, 1.807) is 6.07 Å². The van der Waals surface area contributed by atoms with E-state index in [9.17, 15) is 18.3 Å². The van der Waals surface area contributed by atoms with Crippen LogP contribution < -0.4 is 5.32 Å². The standard InChI is InChI=1S/C11H8O5S.C4H11N/c12-6-8-3-1-2-7-4-9(13)5-10(11(7)8)17(14,15)16;1-4(2)5-3/h1-6,13H,(H,14,15,16);4-5H,1-3H3. The van der Waals surface area contributed by atoms with E-state index in [-0.39, 0.29) is 16.7 Å². The van der Waals surface area contributed by atoms with Crippen molar-refractivity contribution in [2.24, 2.45) is 0 Å². The summed E-state index contributed by atoms with van der Waals surface area (Å²) in [5, 5.41) is 12.9. The van der Waals surface area contributed by atoms with Crippen LogP contribution in [0.25, 0.3) is 10.8 Å². The summed E-state index contributed by atoms with van der Waals surface area (Å²) in [6.45, 7) is 4.22. The van der Waals surface area contributed by atoms with E-state index in [4.69, 9.17) is 4.55 Å². The van der Waals surface area contributed by atoms with E-state index in [1.165, 1.54) is 18.2 Å². The van der Waals surface area contributed by atoms with Gasteiger partial charge in [-0.1, -0.05) is 32.0 Å². The summed E-state index contributed by atoms with van der Waals surface area (Å²) in [4.78, 5) is 10.4. The molecule has 2 rings (SSSR count). The highest BCUT2D eigenvalue weighted by Gasteiger charge is 2.17. The number of aldehydes is 1. The molecule has 22 heavy (non-hydrogen) atoms. The van der Waals surface area contributed by atoms with Crippen molar-refractivity contribution >= 4 is 27.2 Å². The van der Waals surface area contributed by atoms with E-state index in [0.29, 0.717) is 17.7 Å². The lowest BCUT2D eigenvalue weighted by Crippen LogP contribution is -2.15. The summed E-state index contributed by atoms with van der Waals surface area (Å²) in [7, 11) is -2.55. The van der Waals surface area contributed by atoms with Gasteiger partial charge in [0.1, 0.15) is 10.6 Å². The van der Waals surface area contributed by atoms with Crippen LogP contribution >= 0.6 is 0 Å². The van der Waals surface area contributed by atoms with E-state index in [0.717, 1.165) is 6.07 Å². The zero-order valence-corrected chi connectivity index (χ0v) is 13.4. The Balaban J connectivity index is 0.000000422. The third-order valence-corrected chi connectivity index (χ3v) is 3.82. The number of benzene rings is 2. The first-order valence-corrected chi connectivity index (χ1v) is 8.00. The van der Waals surface area contributed by atoms with Crippen molar-refractivity contribution in [3.05, 3.63) is 35.9 Å². The monoisotopic (exact) mass is 325 g/mol. The minimum Gasteiger partial charge on any atom is -0.508 e. The number of carbonyl (C=O) groups is 1. The molecule has 0 radical (unpaired) electrons. The molecule has 0 amide bonds. The van der Waals surface area contributed by atoms with Crippen LogP contribution in [-0.4, -0.2) is 37.5 Å². The predicted molar refractivity (Wildman–Crippen MR) is 85.0 cm³/mol. The van der Waals surface area contributed by atoms with E-state index in [1.807, 2.05) is 7.05 Å². The Morgan fingerprint density at radius 1 is 1.23 bits per heavy atom. The summed E-state index contributed by atoms with van der Waals surface area (Å²) in [5.41, 5.74) is 0.134. The van der Waals surface area contributed by atoms with Gasteiger partial charge in [-0.15, -0.1) is 0 Å². The molecule has 0 spiro atoms. The average molecular weight is 325 g/mol. The lowest BCUT2D eigenvalue weighted by atomic mass is 10.1. The molecule has 6 nitrogen and oxygen atoms in total. The first-order valence-electron chi connectivity index (χ1n) is 6.56. The second kappa shape index (κ2) is 7.35. The van der Waals surface area contributed by atoms with Crippen LogP contribution in [-0.2, 0) is 10.1 Å². The fourth-order valence-electron chi connectivity index (χ4n) is 1.70. The van der Waals surface area contributed by atoms with Crippen LogP contribution in [0.5, 0.6) is 5.75 Å². The molecule has 0 saturated heterocycles. The molecule has 0 fully saturated rings. The van der Waals surface area contributed by atoms with Crippen LogP contribution in [0.15, 0.2) is 35.2 Å². The van der Waals surface area contributed by atoms with Crippen LogP contribution in [0.2, 0.25) is 0 Å². The van der Waals surface area contributed by atoms with Crippen LogP contribution in [0, 0.1) is 0 Å². The second-order valence-corrected chi connectivity index (χ2v) is 6.32. The normalized spacial score (nSPS) is 11.1. The number of aromatic hydroxyl groups is 1. The number of fused-ring (bicyclic) bond motifs is 1. The Morgan fingerprint density at radius 3 is 2.27 bits per heavy atom. The van der Waals surface area contributed by atoms with Crippen molar-refractivity contribution in [1.29, 1.82) is 0 Å². The van der Waals surface area contributed by atoms with Gasteiger partial charge in [0.05, 0.1) is 0 Å². The third-order valence-electron chi connectivity index (χ3n) is 2.94. The number of rotatable bonds is 3. The van der Waals surface area contributed by atoms with Gasteiger partial charge in [0.15, 0.2) is 6.29 Å². The zero-order valence-electron chi connectivity index (χ0n) is 12.6. The highest BCUT2D eigenvalue weighted by atomic mass is 32.2. The molecule has 120 valence electrons. The van der Waals surface area contributed by atoms with E-state index in [2.05, 4.69) is 19.2 Å². The molecule has 0 aliphatic carbocycles.